The molecule has 0 aliphatic carbocycles. The van der Waals surface area contributed by atoms with E-state index in [9.17, 15) is 9.59 Å². The quantitative estimate of drug-likeness (QED) is 0.732. The van der Waals surface area contributed by atoms with Crippen molar-refractivity contribution in [1.82, 2.24) is 5.32 Å². The fourth-order valence-corrected chi connectivity index (χ4v) is 3.07. The first-order valence-electron chi connectivity index (χ1n) is 8.98. The molecule has 0 aromatic heterocycles. The third-order valence-electron chi connectivity index (χ3n) is 4.32. The highest BCUT2D eigenvalue weighted by Gasteiger charge is 2.25. The lowest BCUT2D eigenvalue weighted by molar-refractivity contribution is -0.145. The van der Waals surface area contributed by atoms with E-state index in [1.54, 1.807) is 0 Å². The Hall–Kier alpha value is -2.62. The van der Waals surface area contributed by atoms with Crippen LogP contribution in [0.3, 0.4) is 0 Å². The number of hydrogen-bond donors (Lipinski definition) is 1. The highest BCUT2D eigenvalue weighted by molar-refractivity contribution is 5.85. The number of esters is 1. The Morgan fingerprint density at radius 1 is 0.923 bits per heavy atom. The largest absolute Gasteiger partial charge is 0.467 e. The first-order chi connectivity index (χ1) is 12.5. The second-order valence-electron chi connectivity index (χ2n) is 6.85. The topological polar surface area (TPSA) is 55.4 Å². The van der Waals surface area contributed by atoms with E-state index in [1.807, 2.05) is 74.5 Å². The second kappa shape index (κ2) is 9.76. The average molecular weight is 353 g/mol. The summed E-state index contributed by atoms with van der Waals surface area (Å²) in [6.07, 6.45) is 0.833. The molecule has 138 valence electrons. The summed E-state index contributed by atoms with van der Waals surface area (Å²) in [5, 5.41) is 2.86. The Balaban J connectivity index is 2.17. The van der Waals surface area contributed by atoms with Gasteiger partial charge in [0, 0.05) is 12.3 Å². The fourth-order valence-electron chi connectivity index (χ4n) is 3.07. The number of hydrogen-bond acceptors (Lipinski definition) is 3. The third kappa shape index (κ3) is 5.73. The lowest BCUT2D eigenvalue weighted by Gasteiger charge is -2.21. The molecule has 26 heavy (non-hydrogen) atoms. The maximum atomic E-state index is 12.7. The predicted molar refractivity (Wildman–Crippen MR) is 103 cm³/mol. The average Bonchev–Trinajstić information content (AvgIpc) is 2.66. The number of nitrogens with one attached hydrogen (secondary N) is 1. The third-order valence-corrected chi connectivity index (χ3v) is 4.32. The summed E-state index contributed by atoms with van der Waals surface area (Å²) >= 11 is 0. The Bertz CT molecular complexity index is 658. The molecule has 0 bridgehead atoms. The van der Waals surface area contributed by atoms with Gasteiger partial charge >= 0.3 is 5.97 Å². The molecule has 0 unspecified atom stereocenters. The minimum atomic E-state index is -0.611. The highest BCUT2D eigenvalue weighted by atomic mass is 16.5. The molecule has 0 saturated carbocycles. The van der Waals surface area contributed by atoms with Gasteiger partial charge in [-0.15, -0.1) is 0 Å². The predicted octanol–water partition coefficient (Wildman–Crippen LogP) is 3.91. The number of carbonyl (C=O) groups excluding carboxylic acids is 2. The van der Waals surface area contributed by atoms with Crippen LogP contribution < -0.4 is 5.32 Å². The number of carbonyl (C=O) groups is 2. The van der Waals surface area contributed by atoms with E-state index in [4.69, 9.17) is 4.74 Å². The zero-order valence-electron chi connectivity index (χ0n) is 15.6. The molecule has 1 amide bonds. The summed E-state index contributed by atoms with van der Waals surface area (Å²) in [6, 6.07) is 19.3. The van der Waals surface area contributed by atoms with E-state index >= 15 is 0 Å². The Morgan fingerprint density at radius 2 is 1.42 bits per heavy atom. The van der Waals surface area contributed by atoms with Crippen molar-refractivity contribution in [3.05, 3.63) is 71.8 Å². The number of rotatable bonds is 8. The molecule has 0 spiro atoms. The molecule has 4 nitrogen and oxygen atoms in total. The normalized spacial score (nSPS) is 12.0. The first kappa shape index (κ1) is 19.7. The van der Waals surface area contributed by atoms with Gasteiger partial charge in [-0.05, 0) is 23.5 Å². The van der Waals surface area contributed by atoms with Gasteiger partial charge in [-0.25, -0.2) is 4.79 Å². The number of methoxy groups -OCH3 is 1. The number of benzene rings is 2. The van der Waals surface area contributed by atoms with Crippen molar-refractivity contribution in [2.24, 2.45) is 5.92 Å². The van der Waals surface area contributed by atoms with Crippen LogP contribution in [0.1, 0.15) is 43.7 Å². The minimum absolute atomic E-state index is 0.0604. The van der Waals surface area contributed by atoms with Gasteiger partial charge in [0.2, 0.25) is 5.91 Å². The van der Waals surface area contributed by atoms with Crippen molar-refractivity contribution >= 4 is 11.9 Å². The van der Waals surface area contributed by atoms with Gasteiger partial charge in [-0.1, -0.05) is 74.5 Å². The van der Waals surface area contributed by atoms with E-state index in [1.165, 1.54) is 7.11 Å². The maximum Gasteiger partial charge on any atom is 0.328 e. The number of amides is 1. The standard InChI is InChI=1S/C22H27NO3/c1-16(2)14-20(22(25)26-3)23-21(24)15-19(17-10-6-4-7-11-17)18-12-8-5-9-13-18/h4-13,16,19-20H,14-15H2,1-3H3,(H,23,24)/t20-/m0/s1. The van der Waals surface area contributed by atoms with Crippen molar-refractivity contribution in [3.63, 3.8) is 0 Å². The van der Waals surface area contributed by atoms with Crippen molar-refractivity contribution in [2.45, 2.75) is 38.6 Å². The van der Waals surface area contributed by atoms with Crippen molar-refractivity contribution in [1.29, 1.82) is 0 Å². The van der Waals surface area contributed by atoms with Gasteiger partial charge in [0.05, 0.1) is 7.11 Å². The molecule has 2 aromatic carbocycles. The monoisotopic (exact) mass is 353 g/mol. The first-order valence-corrected chi connectivity index (χ1v) is 8.98. The summed E-state index contributed by atoms with van der Waals surface area (Å²) in [6.45, 7) is 4.03. The lowest BCUT2D eigenvalue weighted by atomic mass is 9.88. The van der Waals surface area contributed by atoms with Crippen LogP contribution in [0.4, 0.5) is 0 Å². The Labute approximate surface area is 155 Å². The highest BCUT2D eigenvalue weighted by Crippen LogP contribution is 2.27. The van der Waals surface area contributed by atoms with Crippen LogP contribution in [0.15, 0.2) is 60.7 Å². The van der Waals surface area contributed by atoms with Crippen LogP contribution in [0.5, 0.6) is 0 Å². The zero-order chi connectivity index (χ0) is 18.9. The molecular weight excluding hydrogens is 326 g/mol. The Morgan fingerprint density at radius 3 is 1.85 bits per heavy atom. The summed E-state index contributed by atoms with van der Waals surface area (Å²) in [5.74, 6) is -0.338. The van der Waals surface area contributed by atoms with Crippen LogP contribution in [0, 0.1) is 5.92 Å². The SMILES string of the molecule is COC(=O)[C@H](CC(C)C)NC(=O)CC(c1ccccc1)c1ccccc1. The molecule has 1 atom stereocenters. The molecule has 0 heterocycles. The van der Waals surface area contributed by atoms with Gasteiger partial charge in [0.15, 0.2) is 0 Å². The molecule has 1 N–H and O–H groups in total. The molecule has 4 heteroatoms. The molecule has 0 aliphatic heterocycles. The zero-order valence-corrected chi connectivity index (χ0v) is 15.6. The molecule has 0 fully saturated rings. The maximum absolute atomic E-state index is 12.7. The van der Waals surface area contributed by atoms with Gasteiger partial charge in [-0.3, -0.25) is 4.79 Å². The minimum Gasteiger partial charge on any atom is -0.467 e. The van der Waals surface area contributed by atoms with Gasteiger partial charge < -0.3 is 10.1 Å². The number of ether oxygens (including phenoxy) is 1. The molecule has 0 saturated heterocycles. The lowest BCUT2D eigenvalue weighted by Crippen LogP contribution is -2.42. The van der Waals surface area contributed by atoms with E-state index in [-0.39, 0.29) is 24.2 Å². The van der Waals surface area contributed by atoms with E-state index in [2.05, 4.69) is 5.32 Å². The summed E-state index contributed by atoms with van der Waals surface area (Å²) in [7, 11) is 1.35. The van der Waals surface area contributed by atoms with Crippen LogP contribution in [0.25, 0.3) is 0 Å². The van der Waals surface area contributed by atoms with Crippen molar-refractivity contribution in [3.8, 4) is 0 Å². The van der Waals surface area contributed by atoms with Gasteiger partial charge in [0.25, 0.3) is 0 Å². The van der Waals surface area contributed by atoms with E-state index in [0.29, 0.717) is 6.42 Å². The summed E-state index contributed by atoms with van der Waals surface area (Å²) in [5.41, 5.74) is 2.15. The van der Waals surface area contributed by atoms with Crippen molar-refractivity contribution in [2.75, 3.05) is 7.11 Å². The molecular formula is C22H27NO3. The van der Waals surface area contributed by atoms with E-state index < -0.39 is 12.0 Å². The van der Waals surface area contributed by atoms with Gasteiger partial charge in [0.1, 0.15) is 6.04 Å². The second-order valence-corrected chi connectivity index (χ2v) is 6.85. The smallest absolute Gasteiger partial charge is 0.328 e. The summed E-state index contributed by atoms with van der Waals surface area (Å²) < 4.78 is 4.83. The summed E-state index contributed by atoms with van der Waals surface area (Å²) in [4.78, 5) is 24.7. The van der Waals surface area contributed by atoms with Crippen LogP contribution >= 0.6 is 0 Å². The van der Waals surface area contributed by atoms with Crippen LogP contribution in [-0.2, 0) is 14.3 Å². The molecule has 2 aromatic rings. The molecule has 0 aliphatic rings. The Kier molecular flexibility index (Phi) is 7.39. The van der Waals surface area contributed by atoms with Gasteiger partial charge in [-0.2, -0.15) is 0 Å². The van der Waals surface area contributed by atoms with Crippen molar-refractivity contribution < 1.29 is 14.3 Å². The fraction of sp³-hybridized carbons (Fsp3) is 0.364. The van der Waals surface area contributed by atoms with Crippen LogP contribution in [0.2, 0.25) is 0 Å². The molecule has 0 radical (unpaired) electrons. The van der Waals surface area contributed by atoms with Crippen LogP contribution in [-0.4, -0.2) is 25.0 Å². The molecule has 2 rings (SSSR count). The van der Waals surface area contributed by atoms with E-state index in [0.717, 1.165) is 11.1 Å².